The number of halogens is 1. The number of phenolic OH excluding ortho intramolecular Hbond substituents is 1. The van der Waals surface area contributed by atoms with Crippen molar-refractivity contribution in [1.82, 2.24) is 0 Å². The van der Waals surface area contributed by atoms with Gasteiger partial charge in [-0.15, -0.1) is 0 Å². The first-order valence-corrected chi connectivity index (χ1v) is 8.12. The molecule has 1 heterocycles. The van der Waals surface area contributed by atoms with E-state index < -0.39 is 0 Å². The fourth-order valence-electron chi connectivity index (χ4n) is 2.83. The standard InChI is InChI=1S/C21H13ClO3/c22-15-9-5-14(6-10-15)21-19(17-3-1-2-4-18(17)25-21)20(24)13-7-11-16(23)12-8-13/h1-12,23H. The molecule has 0 radical (unpaired) electrons. The highest BCUT2D eigenvalue weighted by molar-refractivity contribution is 6.30. The van der Waals surface area contributed by atoms with Gasteiger partial charge in [0.25, 0.3) is 0 Å². The lowest BCUT2D eigenvalue weighted by atomic mass is 9.97. The molecule has 0 aliphatic carbocycles. The molecule has 0 aliphatic rings. The molecular weight excluding hydrogens is 336 g/mol. The van der Waals surface area contributed by atoms with Gasteiger partial charge in [0.2, 0.25) is 0 Å². The summed E-state index contributed by atoms with van der Waals surface area (Å²) in [6.45, 7) is 0. The van der Waals surface area contributed by atoms with Crippen molar-refractivity contribution in [2.24, 2.45) is 0 Å². The third kappa shape index (κ3) is 2.79. The second-order valence-electron chi connectivity index (χ2n) is 5.69. The zero-order chi connectivity index (χ0) is 17.4. The van der Waals surface area contributed by atoms with E-state index in [-0.39, 0.29) is 11.5 Å². The molecule has 3 aromatic carbocycles. The van der Waals surface area contributed by atoms with Gasteiger partial charge in [0.1, 0.15) is 17.1 Å². The van der Waals surface area contributed by atoms with E-state index in [2.05, 4.69) is 0 Å². The van der Waals surface area contributed by atoms with Crippen molar-refractivity contribution >= 4 is 28.4 Å². The van der Waals surface area contributed by atoms with Gasteiger partial charge in [-0.25, -0.2) is 0 Å². The average molecular weight is 349 g/mol. The Balaban J connectivity index is 1.94. The lowest BCUT2D eigenvalue weighted by molar-refractivity contribution is 0.104. The van der Waals surface area contributed by atoms with Crippen molar-refractivity contribution in [2.45, 2.75) is 0 Å². The Morgan fingerprint density at radius 2 is 1.56 bits per heavy atom. The van der Waals surface area contributed by atoms with Crippen LogP contribution in [0.15, 0.2) is 77.2 Å². The van der Waals surface area contributed by atoms with Crippen LogP contribution in [0.3, 0.4) is 0 Å². The van der Waals surface area contributed by atoms with Crippen molar-refractivity contribution in [3.63, 3.8) is 0 Å². The average Bonchev–Trinajstić information content (AvgIpc) is 3.02. The van der Waals surface area contributed by atoms with Gasteiger partial charge in [-0.1, -0.05) is 29.8 Å². The maximum Gasteiger partial charge on any atom is 0.197 e. The van der Waals surface area contributed by atoms with Gasteiger partial charge >= 0.3 is 0 Å². The van der Waals surface area contributed by atoms with E-state index >= 15 is 0 Å². The molecule has 25 heavy (non-hydrogen) atoms. The lowest BCUT2D eigenvalue weighted by Gasteiger charge is -2.04. The van der Waals surface area contributed by atoms with Crippen molar-refractivity contribution in [1.29, 1.82) is 0 Å². The van der Waals surface area contributed by atoms with Crippen LogP contribution in [0.5, 0.6) is 5.75 Å². The molecule has 0 amide bonds. The third-order valence-corrected chi connectivity index (χ3v) is 4.31. The SMILES string of the molecule is O=C(c1ccc(O)cc1)c1c(-c2ccc(Cl)cc2)oc2ccccc12. The molecule has 4 rings (SSSR count). The molecule has 4 aromatic rings. The molecule has 0 spiro atoms. The number of furan rings is 1. The fraction of sp³-hybridized carbons (Fsp3) is 0. The summed E-state index contributed by atoms with van der Waals surface area (Å²) in [6.07, 6.45) is 0. The summed E-state index contributed by atoms with van der Waals surface area (Å²) >= 11 is 5.97. The van der Waals surface area contributed by atoms with Crippen LogP contribution in [0.2, 0.25) is 5.02 Å². The number of carbonyl (C=O) groups is 1. The van der Waals surface area contributed by atoms with E-state index in [9.17, 15) is 9.90 Å². The molecule has 0 atom stereocenters. The number of ketones is 1. The highest BCUT2D eigenvalue weighted by atomic mass is 35.5. The Hall–Kier alpha value is -3.04. The van der Waals surface area contributed by atoms with Crippen LogP contribution in [-0.2, 0) is 0 Å². The molecule has 0 aliphatic heterocycles. The van der Waals surface area contributed by atoms with E-state index in [0.717, 1.165) is 10.9 Å². The molecule has 0 unspecified atom stereocenters. The van der Waals surface area contributed by atoms with Crippen LogP contribution in [-0.4, -0.2) is 10.9 Å². The zero-order valence-electron chi connectivity index (χ0n) is 13.1. The Labute approximate surface area is 149 Å². The first-order valence-electron chi connectivity index (χ1n) is 7.75. The minimum absolute atomic E-state index is 0.117. The maximum atomic E-state index is 13.1. The first-order chi connectivity index (χ1) is 12.1. The van der Waals surface area contributed by atoms with E-state index in [4.69, 9.17) is 16.0 Å². The summed E-state index contributed by atoms with van der Waals surface area (Å²) in [4.78, 5) is 13.1. The third-order valence-electron chi connectivity index (χ3n) is 4.06. The first kappa shape index (κ1) is 15.5. The van der Waals surface area contributed by atoms with Crippen LogP contribution in [0.1, 0.15) is 15.9 Å². The van der Waals surface area contributed by atoms with E-state index in [1.54, 1.807) is 24.3 Å². The molecule has 0 fully saturated rings. The Kier molecular flexibility index (Phi) is 3.79. The number of rotatable bonds is 3. The van der Waals surface area contributed by atoms with Gasteiger partial charge in [0.05, 0.1) is 5.56 Å². The van der Waals surface area contributed by atoms with Crippen molar-refractivity contribution < 1.29 is 14.3 Å². The van der Waals surface area contributed by atoms with Crippen LogP contribution >= 0.6 is 11.6 Å². The highest BCUT2D eigenvalue weighted by Gasteiger charge is 2.23. The van der Waals surface area contributed by atoms with Crippen molar-refractivity contribution in [3.8, 4) is 17.1 Å². The number of aromatic hydroxyl groups is 1. The van der Waals surface area contributed by atoms with Crippen LogP contribution in [0.4, 0.5) is 0 Å². The highest BCUT2D eigenvalue weighted by Crippen LogP contribution is 2.35. The van der Waals surface area contributed by atoms with Gasteiger partial charge in [-0.2, -0.15) is 0 Å². The number of benzene rings is 3. The predicted octanol–water partition coefficient (Wildman–Crippen LogP) is 5.69. The molecular formula is C21H13ClO3. The van der Waals surface area contributed by atoms with Gasteiger partial charge in [-0.05, 0) is 54.6 Å². The summed E-state index contributed by atoms with van der Waals surface area (Å²) in [7, 11) is 0. The molecule has 4 heteroatoms. The Morgan fingerprint density at radius 1 is 0.880 bits per heavy atom. The Morgan fingerprint density at radius 3 is 2.28 bits per heavy atom. The van der Waals surface area contributed by atoms with Gasteiger partial charge in [0.15, 0.2) is 5.78 Å². The Bertz CT molecular complexity index is 1060. The zero-order valence-corrected chi connectivity index (χ0v) is 13.8. The number of carbonyl (C=O) groups excluding carboxylic acids is 1. The van der Waals surface area contributed by atoms with Crippen LogP contribution in [0, 0.1) is 0 Å². The van der Waals surface area contributed by atoms with E-state index in [0.29, 0.717) is 27.5 Å². The van der Waals surface area contributed by atoms with Crippen molar-refractivity contribution in [2.75, 3.05) is 0 Å². The maximum absolute atomic E-state index is 13.1. The molecule has 0 saturated heterocycles. The summed E-state index contributed by atoms with van der Waals surface area (Å²) in [5.41, 5.74) is 2.42. The monoisotopic (exact) mass is 348 g/mol. The number of fused-ring (bicyclic) bond motifs is 1. The second-order valence-corrected chi connectivity index (χ2v) is 6.12. The van der Waals surface area contributed by atoms with Gasteiger partial charge < -0.3 is 9.52 Å². The van der Waals surface area contributed by atoms with Gasteiger partial charge in [0, 0.05) is 21.5 Å². The summed E-state index contributed by atoms with van der Waals surface area (Å²) in [5.74, 6) is 0.470. The molecule has 1 N–H and O–H groups in total. The molecule has 0 saturated carbocycles. The molecule has 0 bridgehead atoms. The smallest absolute Gasteiger partial charge is 0.197 e. The van der Waals surface area contributed by atoms with Gasteiger partial charge in [-0.3, -0.25) is 4.79 Å². The summed E-state index contributed by atoms with van der Waals surface area (Å²) in [5, 5.41) is 10.8. The van der Waals surface area contributed by atoms with Crippen molar-refractivity contribution in [3.05, 3.63) is 88.9 Å². The summed E-state index contributed by atoms with van der Waals surface area (Å²) < 4.78 is 5.98. The molecule has 1 aromatic heterocycles. The number of phenols is 1. The number of para-hydroxylation sites is 1. The lowest BCUT2D eigenvalue weighted by Crippen LogP contribution is -2.02. The second kappa shape index (κ2) is 6.11. The number of hydrogen-bond donors (Lipinski definition) is 1. The largest absolute Gasteiger partial charge is 0.508 e. The summed E-state index contributed by atoms with van der Waals surface area (Å²) in [6, 6.07) is 20.8. The molecule has 3 nitrogen and oxygen atoms in total. The normalized spacial score (nSPS) is 10.9. The minimum atomic E-state index is -0.157. The van der Waals surface area contributed by atoms with E-state index in [1.165, 1.54) is 12.1 Å². The predicted molar refractivity (Wildman–Crippen MR) is 98.2 cm³/mol. The molecule has 122 valence electrons. The minimum Gasteiger partial charge on any atom is -0.508 e. The quantitative estimate of drug-likeness (QED) is 0.484. The van der Waals surface area contributed by atoms with Crippen LogP contribution < -0.4 is 0 Å². The topological polar surface area (TPSA) is 50.4 Å². The fourth-order valence-corrected chi connectivity index (χ4v) is 2.96. The van der Waals surface area contributed by atoms with E-state index in [1.807, 2.05) is 36.4 Å². The number of hydrogen-bond acceptors (Lipinski definition) is 3. The van der Waals surface area contributed by atoms with Crippen LogP contribution in [0.25, 0.3) is 22.3 Å².